The van der Waals surface area contributed by atoms with Crippen LogP contribution in [0.1, 0.15) is 20.8 Å². The topological polar surface area (TPSA) is 66.5 Å². The van der Waals surface area contributed by atoms with E-state index in [0.29, 0.717) is 0 Å². The highest BCUT2D eigenvalue weighted by atomic mass is 35.5. The van der Waals surface area contributed by atoms with Crippen molar-refractivity contribution in [3.63, 3.8) is 0 Å². The summed E-state index contributed by atoms with van der Waals surface area (Å²) >= 11 is 5.69. The van der Waals surface area contributed by atoms with Crippen LogP contribution in [-0.4, -0.2) is 33.7 Å². The smallest absolute Gasteiger partial charge is 0.232 e. The van der Waals surface area contributed by atoms with E-state index in [-0.39, 0.29) is 29.7 Å². The molecule has 22 heavy (non-hydrogen) atoms. The number of benzene rings is 1. The molecular weight excluding hydrogens is 331 g/mol. The second-order valence-electron chi connectivity index (χ2n) is 5.94. The minimum atomic E-state index is -3.58. The van der Waals surface area contributed by atoms with Gasteiger partial charge in [0.05, 0.1) is 23.5 Å². The first kappa shape index (κ1) is 18.7. The largest absolute Gasteiger partial charge is 0.354 e. The minimum Gasteiger partial charge on any atom is -0.354 e. The first-order chi connectivity index (χ1) is 9.93. The number of amides is 1. The summed E-state index contributed by atoms with van der Waals surface area (Å²) in [6.45, 7) is 5.45. The highest BCUT2D eigenvalue weighted by Gasteiger charge is 2.22. The number of carbonyl (C=O) groups excluding carboxylic acids is 1. The molecule has 0 radical (unpaired) electrons. The van der Waals surface area contributed by atoms with Crippen molar-refractivity contribution in [1.29, 1.82) is 0 Å². The lowest BCUT2D eigenvalue weighted by Crippen LogP contribution is -2.41. The van der Waals surface area contributed by atoms with Crippen molar-refractivity contribution in [2.45, 2.75) is 20.8 Å². The zero-order valence-electron chi connectivity index (χ0n) is 13.0. The molecule has 0 fully saturated rings. The molecule has 0 atom stereocenters. The highest BCUT2D eigenvalue weighted by molar-refractivity contribution is 7.92. The molecule has 1 aromatic rings. The number of hydrogen-bond acceptors (Lipinski definition) is 3. The van der Waals surface area contributed by atoms with E-state index in [1.54, 1.807) is 20.8 Å². The van der Waals surface area contributed by atoms with Crippen molar-refractivity contribution >= 4 is 33.2 Å². The van der Waals surface area contributed by atoms with E-state index >= 15 is 0 Å². The number of sulfonamides is 1. The Kier molecular flexibility index (Phi) is 5.81. The van der Waals surface area contributed by atoms with Gasteiger partial charge in [0.25, 0.3) is 0 Å². The summed E-state index contributed by atoms with van der Waals surface area (Å²) in [5.41, 5.74) is -0.311. The molecule has 0 aliphatic carbocycles. The van der Waals surface area contributed by atoms with Crippen LogP contribution in [0.2, 0.25) is 5.02 Å². The van der Waals surface area contributed by atoms with Crippen molar-refractivity contribution in [3.05, 3.63) is 29.0 Å². The van der Waals surface area contributed by atoms with Crippen molar-refractivity contribution in [3.8, 4) is 0 Å². The zero-order valence-corrected chi connectivity index (χ0v) is 14.6. The number of carbonyl (C=O) groups is 1. The van der Waals surface area contributed by atoms with E-state index in [4.69, 9.17) is 11.6 Å². The molecule has 1 aromatic carbocycles. The van der Waals surface area contributed by atoms with E-state index in [1.165, 1.54) is 12.1 Å². The van der Waals surface area contributed by atoms with Crippen LogP contribution in [0.15, 0.2) is 18.2 Å². The molecule has 124 valence electrons. The van der Waals surface area contributed by atoms with Crippen LogP contribution < -0.4 is 9.62 Å². The van der Waals surface area contributed by atoms with Crippen LogP contribution in [0.3, 0.4) is 0 Å². The number of anilines is 1. The fraction of sp³-hybridized carbons (Fsp3) is 0.500. The molecular formula is C14H20ClFN2O3S. The standard InChI is InChI=1S/C14H20ClFN2O3S/c1-14(2,3)13(19)17-7-8-18(22(4,20)21)10-5-6-12(16)11(15)9-10/h5-6,9H,7-8H2,1-4H3,(H,17,19). The van der Waals surface area contributed by atoms with E-state index in [9.17, 15) is 17.6 Å². The maximum atomic E-state index is 13.2. The first-order valence-electron chi connectivity index (χ1n) is 6.64. The lowest BCUT2D eigenvalue weighted by molar-refractivity contribution is -0.128. The Hall–Kier alpha value is -1.34. The summed E-state index contributed by atoms with van der Waals surface area (Å²) in [4.78, 5) is 11.8. The van der Waals surface area contributed by atoms with Crippen LogP contribution in [0.25, 0.3) is 0 Å². The average Bonchev–Trinajstić information content (AvgIpc) is 2.35. The van der Waals surface area contributed by atoms with Gasteiger partial charge in [-0.1, -0.05) is 32.4 Å². The normalized spacial score (nSPS) is 12.1. The molecule has 0 bridgehead atoms. The van der Waals surface area contributed by atoms with E-state index < -0.39 is 21.3 Å². The fourth-order valence-corrected chi connectivity index (χ4v) is 2.76. The van der Waals surface area contributed by atoms with Gasteiger partial charge in [0, 0.05) is 12.0 Å². The van der Waals surface area contributed by atoms with Crippen LogP contribution >= 0.6 is 11.6 Å². The quantitative estimate of drug-likeness (QED) is 0.886. The van der Waals surface area contributed by atoms with Gasteiger partial charge in [0.2, 0.25) is 15.9 Å². The predicted octanol–water partition coefficient (Wildman–Crippen LogP) is 2.41. The molecule has 1 N–H and O–H groups in total. The Morgan fingerprint density at radius 3 is 2.41 bits per heavy atom. The SMILES string of the molecule is CC(C)(C)C(=O)NCCN(c1ccc(F)c(Cl)c1)S(C)(=O)=O. The van der Waals surface area contributed by atoms with Crippen LogP contribution in [-0.2, 0) is 14.8 Å². The van der Waals surface area contributed by atoms with Crippen LogP contribution in [0.4, 0.5) is 10.1 Å². The summed E-state index contributed by atoms with van der Waals surface area (Å²) < 4.78 is 38.0. The highest BCUT2D eigenvalue weighted by Crippen LogP contribution is 2.24. The molecule has 0 heterocycles. The predicted molar refractivity (Wildman–Crippen MR) is 86.1 cm³/mol. The third-order valence-corrected chi connectivity index (χ3v) is 4.36. The van der Waals surface area contributed by atoms with E-state index in [2.05, 4.69) is 5.32 Å². The number of rotatable bonds is 5. The van der Waals surface area contributed by atoms with Gasteiger partial charge in [-0.05, 0) is 18.2 Å². The van der Waals surface area contributed by atoms with Gasteiger partial charge in [0.1, 0.15) is 5.82 Å². The maximum absolute atomic E-state index is 13.2. The third kappa shape index (κ3) is 5.14. The summed E-state index contributed by atoms with van der Waals surface area (Å²) in [6.07, 6.45) is 1.04. The van der Waals surface area contributed by atoms with Gasteiger partial charge in [-0.25, -0.2) is 12.8 Å². The Labute approximate surface area is 135 Å². The maximum Gasteiger partial charge on any atom is 0.232 e. The lowest BCUT2D eigenvalue weighted by atomic mass is 9.96. The Balaban J connectivity index is 2.88. The van der Waals surface area contributed by atoms with Crippen molar-refractivity contribution in [2.24, 2.45) is 5.41 Å². The Bertz CT molecular complexity index is 657. The molecule has 1 rings (SSSR count). The molecule has 0 spiro atoms. The van der Waals surface area contributed by atoms with Crippen molar-refractivity contribution in [1.82, 2.24) is 5.32 Å². The van der Waals surface area contributed by atoms with Crippen molar-refractivity contribution < 1.29 is 17.6 Å². The summed E-state index contributed by atoms with van der Waals surface area (Å²) in [5, 5.41) is 2.51. The van der Waals surface area contributed by atoms with Gasteiger partial charge in [-0.2, -0.15) is 0 Å². The molecule has 0 saturated heterocycles. The van der Waals surface area contributed by atoms with Gasteiger partial charge in [-0.3, -0.25) is 9.10 Å². The molecule has 0 aliphatic heterocycles. The van der Waals surface area contributed by atoms with Gasteiger partial charge in [-0.15, -0.1) is 0 Å². The second-order valence-corrected chi connectivity index (χ2v) is 8.25. The molecule has 0 saturated carbocycles. The second kappa shape index (κ2) is 6.83. The van der Waals surface area contributed by atoms with E-state index in [1.807, 2.05) is 0 Å². The lowest BCUT2D eigenvalue weighted by Gasteiger charge is -2.24. The van der Waals surface area contributed by atoms with Crippen LogP contribution in [0, 0.1) is 11.2 Å². The molecule has 1 amide bonds. The Morgan fingerprint density at radius 2 is 1.95 bits per heavy atom. The number of hydrogen-bond donors (Lipinski definition) is 1. The van der Waals surface area contributed by atoms with E-state index in [0.717, 1.165) is 16.6 Å². The molecule has 0 aliphatic rings. The zero-order chi connectivity index (χ0) is 17.1. The molecule has 5 nitrogen and oxygen atoms in total. The summed E-state index contributed by atoms with van der Waals surface area (Å²) in [6, 6.07) is 3.67. The summed E-state index contributed by atoms with van der Waals surface area (Å²) in [7, 11) is -3.58. The van der Waals surface area contributed by atoms with Crippen LogP contribution in [0.5, 0.6) is 0 Å². The molecule has 8 heteroatoms. The monoisotopic (exact) mass is 350 g/mol. The van der Waals surface area contributed by atoms with Gasteiger partial charge >= 0.3 is 0 Å². The third-order valence-electron chi connectivity index (χ3n) is 2.87. The number of nitrogens with one attached hydrogen (secondary N) is 1. The first-order valence-corrected chi connectivity index (χ1v) is 8.86. The fourth-order valence-electron chi connectivity index (χ4n) is 1.66. The number of halogens is 2. The molecule has 0 aromatic heterocycles. The van der Waals surface area contributed by atoms with Gasteiger partial charge in [0.15, 0.2) is 0 Å². The number of nitrogens with zero attached hydrogens (tertiary/aromatic N) is 1. The Morgan fingerprint density at radius 1 is 1.36 bits per heavy atom. The molecule has 0 unspecified atom stereocenters. The minimum absolute atomic E-state index is 0.0304. The summed E-state index contributed by atoms with van der Waals surface area (Å²) in [5.74, 6) is -0.807. The van der Waals surface area contributed by atoms with Gasteiger partial charge < -0.3 is 5.32 Å². The average molecular weight is 351 g/mol. The van der Waals surface area contributed by atoms with Crippen molar-refractivity contribution in [2.75, 3.05) is 23.7 Å².